The Balaban J connectivity index is 1.17. The Hall–Kier alpha value is -3.09. The number of nitrogens with one attached hydrogen (secondary N) is 1. The van der Waals surface area contributed by atoms with E-state index in [0.29, 0.717) is 31.8 Å². The molecule has 0 saturated carbocycles. The minimum Gasteiger partial charge on any atom is -0.459 e. The summed E-state index contributed by atoms with van der Waals surface area (Å²) in [6.07, 6.45) is 2.67. The van der Waals surface area contributed by atoms with Crippen LogP contribution < -0.4 is 0 Å². The summed E-state index contributed by atoms with van der Waals surface area (Å²) in [5.41, 5.74) is 3.56. The van der Waals surface area contributed by atoms with E-state index in [1.807, 2.05) is 11.0 Å². The fraction of sp³-hybridized carbons (Fsp3) is 0.320. The van der Waals surface area contributed by atoms with Gasteiger partial charge in [-0.15, -0.1) is 0 Å². The van der Waals surface area contributed by atoms with Crippen LogP contribution in [0.15, 0.2) is 65.3 Å². The van der Waals surface area contributed by atoms with Gasteiger partial charge in [0.05, 0.1) is 12.4 Å². The third kappa shape index (κ3) is 4.09. The largest absolute Gasteiger partial charge is 0.459 e. The van der Waals surface area contributed by atoms with Crippen LogP contribution in [-0.2, 0) is 6.42 Å². The van der Waals surface area contributed by atoms with Crippen molar-refractivity contribution in [1.82, 2.24) is 14.8 Å². The summed E-state index contributed by atoms with van der Waals surface area (Å²) in [5, 5.41) is 13.2. The van der Waals surface area contributed by atoms with Crippen molar-refractivity contribution in [1.29, 1.82) is 0 Å². The van der Waals surface area contributed by atoms with Gasteiger partial charge >= 0.3 is 0 Å². The Morgan fingerprint density at radius 1 is 1.00 bits per heavy atom. The van der Waals surface area contributed by atoms with Crippen molar-refractivity contribution >= 4 is 27.7 Å². The van der Waals surface area contributed by atoms with Crippen molar-refractivity contribution in [2.24, 2.45) is 0 Å². The Morgan fingerprint density at radius 3 is 2.61 bits per heavy atom. The van der Waals surface area contributed by atoms with E-state index >= 15 is 0 Å². The van der Waals surface area contributed by atoms with Crippen LogP contribution in [-0.4, -0.2) is 64.6 Å². The lowest BCUT2D eigenvalue weighted by atomic mass is 10.0. The number of nitrogens with zero attached hydrogens (tertiary/aromatic N) is 2. The highest BCUT2D eigenvalue weighted by molar-refractivity contribution is 6.08. The summed E-state index contributed by atoms with van der Waals surface area (Å²) in [6.45, 7) is 3.47. The molecule has 31 heavy (non-hydrogen) atoms. The third-order valence-corrected chi connectivity index (χ3v) is 6.22. The molecule has 1 aliphatic heterocycles. The number of aromatic nitrogens is 1. The molecule has 5 rings (SSSR count). The van der Waals surface area contributed by atoms with Crippen molar-refractivity contribution in [3.05, 3.63) is 72.2 Å². The van der Waals surface area contributed by atoms with Crippen LogP contribution in [0, 0.1) is 0 Å². The van der Waals surface area contributed by atoms with E-state index in [0.717, 1.165) is 30.5 Å². The van der Waals surface area contributed by atoms with Crippen LogP contribution in [0.25, 0.3) is 21.8 Å². The molecular weight excluding hydrogens is 390 g/mol. The average Bonchev–Trinajstić information content (AvgIpc) is 3.46. The summed E-state index contributed by atoms with van der Waals surface area (Å²) >= 11 is 0. The zero-order valence-corrected chi connectivity index (χ0v) is 17.5. The number of aryl methyl sites for hydroxylation is 1. The Kier molecular flexibility index (Phi) is 5.49. The van der Waals surface area contributed by atoms with Gasteiger partial charge in [0.15, 0.2) is 5.76 Å². The second-order valence-electron chi connectivity index (χ2n) is 8.27. The van der Waals surface area contributed by atoms with Gasteiger partial charge in [0.2, 0.25) is 0 Å². The number of H-pyrrole nitrogens is 1. The van der Waals surface area contributed by atoms with Gasteiger partial charge in [0, 0.05) is 54.5 Å². The third-order valence-electron chi connectivity index (χ3n) is 6.22. The number of benzene rings is 2. The molecule has 2 aromatic heterocycles. The molecule has 0 radical (unpaired) electrons. The first kappa shape index (κ1) is 19.8. The molecular formula is C25H27N3O3. The van der Waals surface area contributed by atoms with E-state index in [2.05, 4.69) is 46.3 Å². The first-order chi connectivity index (χ1) is 15.2. The van der Waals surface area contributed by atoms with Crippen molar-refractivity contribution in [3.8, 4) is 0 Å². The Bertz CT molecular complexity index is 1170. The molecule has 1 atom stereocenters. The maximum absolute atomic E-state index is 12.4. The lowest BCUT2D eigenvalue weighted by molar-refractivity contribution is 0.0493. The van der Waals surface area contributed by atoms with Gasteiger partial charge in [0.1, 0.15) is 0 Å². The standard InChI is InChI=1S/C25H27N3O3/c29-19(17-27-12-14-28(15-13-27)25(30)23-9-4-16-31-23)11-10-18-5-3-8-22-24(18)20-6-1-2-7-21(20)26-22/h1-9,16,19,26,29H,10-15,17H2. The maximum atomic E-state index is 12.4. The molecule has 0 spiro atoms. The van der Waals surface area contributed by atoms with Gasteiger partial charge in [-0.1, -0.05) is 30.3 Å². The molecule has 0 bridgehead atoms. The number of furan rings is 1. The number of fused-ring (bicyclic) bond motifs is 3. The smallest absolute Gasteiger partial charge is 0.289 e. The van der Waals surface area contributed by atoms with Crippen LogP contribution in [0.5, 0.6) is 0 Å². The lowest BCUT2D eigenvalue weighted by Gasteiger charge is -2.35. The second-order valence-corrected chi connectivity index (χ2v) is 8.27. The van der Waals surface area contributed by atoms with E-state index in [-0.39, 0.29) is 5.91 Å². The summed E-state index contributed by atoms with van der Waals surface area (Å²) in [7, 11) is 0. The zero-order valence-electron chi connectivity index (χ0n) is 17.5. The number of carbonyl (C=O) groups excluding carboxylic acids is 1. The number of piperazine rings is 1. The van der Waals surface area contributed by atoms with Crippen molar-refractivity contribution in [3.63, 3.8) is 0 Å². The highest BCUT2D eigenvalue weighted by Crippen LogP contribution is 2.29. The molecule has 6 heteroatoms. The van der Waals surface area contributed by atoms with Crippen LogP contribution in [0.2, 0.25) is 0 Å². The van der Waals surface area contributed by atoms with Crippen molar-refractivity contribution in [2.75, 3.05) is 32.7 Å². The lowest BCUT2D eigenvalue weighted by Crippen LogP contribution is -2.50. The van der Waals surface area contributed by atoms with Gasteiger partial charge in [-0.3, -0.25) is 9.69 Å². The monoisotopic (exact) mass is 417 g/mol. The van der Waals surface area contributed by atoms with Crippen molar-refractivity contribution < 1.29 is 14.3 Å². The van der Waals surface area contributed by atoms with Gasteiger partial charge in [-0.25, -0.2) is 0 Å². The number of amides is 1. The molecule has 0 aliphatic carbocycles. The second kappa shape index (κ2) is 8.57. The van der Waals surface area contributed by atoms with E-state index in [4.69, 9.17) is 4.42 Å². The quantitative estimate of drug-likeness (QED) is 0.502. The minimum absolute atomic E-state index is 0.0583. The topological polar surface area (TPSA) is 72.7 Å². The minimum atomic E-state index is -0.396. The number of para-hydroxylation sites is 1. The number of aliphatic hydroxyl groups is 1. The molecule has 1 fully saturated rings. The van der Waals surface area contributed by atoms with E-state index < -0.39 is 6.10 Å². The van der Waals surface area contributed by atoms with Crippen molar-refractivity contribution in [2.45, 2.75) is 18.9 Å². The number of aliphatic hydroxyl groups excluding tert-OH is 1. The maximum Gasteiger partial charge on any atom is 0.289 e. The molecule has 160 valence electrons. The molecule has 1 unspecified atom stereocenters. The fourth-order valence-corrected chi connectivity index (χ4v) is 4.59. The van der Waals surface area contributed by atoms with E-state index in [1.165, 1.54) is 22.6 Å². The van der Waals surface area contributed by atoms with Crippen LogP contribution >= 0.6 is 0 Å². The number of aromatic amines is 1. The predicted molar refractivity (Wildman–Crippen MR) is 121 cm³/mol. The SMILES string of the molecule is O=C(c1ccco1)N1CCN(CC(O)CCc2cccc3[nH]c4ccccc4c23)CC1. The summed E-state index contributed by atoms with van der Waals surface area (Å²) in [5.74, 6) is 0.331. The van der Waals surface area contributed by atoms with Gasteiger partial charge in [-0.2, -0.15) is 0 Å². The first-order valence-electron chi connectivity index (χ1n) is 10.9. The van der Waals surface area contributed by atoms with Gasteiger partial charge < -0.3 is 19.4 Å². The highest BCUT2D eigenvalue weighted by atomic mass is 16.3. The van der Waals surface area contributed by atoms with Gasteiger partial charge in [-0.05, 0) is 42.7 Å². The summed E-state index contributed by atoms with van der Waals surface area (Å²) in [6, 6.07) is 18.1. The van der Waals surface area contributed by atoms with E-state index in [1.54, 1.807) is 12.1 Å². The molecule has 3 heterocycles. The number of β-amino-alcohol motifs (C(OH)–C–C–N with tert-alkyl or cyclic N) is 1. The molecule has 1 amide bonds. The Morgan fingerprint density at radius 2 is 1.81 bits per heavy atom. The summed E-state index contributed by atoms with van der Waals surface area (Å²) in [4.78, 5) is 19.9. The number of carbonyl (C=O) groups is 1. The van der Waals surface area contributed by atoms with Crippen LogP contribution in [0.1, 0.15) is 22.5 Å². The number of hydrogen-bond acceptors (Lipinski definition) is 4. The van der Waals surface area contributed by atoms with Crippen LogP contribution in [0.3, 0.4) is 0 Å². The normalized spacial score (nSPS) is 16.2. The Labute approximate surface area is 181 Å². The van der Waals surface area contributed by atoms with Gasteiger partial charge in [0.25, 0.3) is 5.91 Å². The fourth-order valence-electron chi connectivity index (χ4n) is 4.59. The zero-order chi connectivity index (χ0) is 21.2. The molecule has 6 nitrogen and oxygen atoms in total. The molecule has 1 aliphatic rings. The van der Waals surface area contributed by atoms with Crippen LogP contribution in [0.4, 0.5) is 0 Å². The van der Waals surface area contributed by atoms with E-state index in [9.17, 15) is 9.90 Å². The molecule has 4 aromatic rings. The first-order valence-corrected chi connectivity index (χ1v) is 10.9. The molecule has 2 aromatic carbocycles. The summed E-state index contributed by atoms with van der Waals surface area (Å²) < 4.78 is 5.22. The predicted octanol–water partition coefficient (Wildman–Crippen LogP) is 3.67. The average molecular weight is 418 g/mol. The number of rotatable bonds is 6. The molecule has 2 N–H and O–H groups in total. The molecule has 1 saturated heterocycles. The number of hydrogen-bond donors (Lipinski definition) is 2. The highest BCUT2D eigenvalue weighted by Gasteiger charge is 2.24.